The summed E-state index contributed by atoms with van der Waals surface area (Å²) in [4.78, 5) is 13.0. The molecule has 18 heavy (non-hydrogen) atoms. The van der Waals surface area contributed by atoms with Crippen molar-refractivity contribution in [3.8, 4) is 24.5 Å². The summed E-state index contributed by atoms with van der Waals surface area (Å²) in [6, 6.07) is 9.79. The van der Waals surface area contributed by atoms with Gasteiger partial charge in [-0.2, -0.15) is 10.5 Å². The summed E-state index contributed by atoms with van der Waals surface area (Å²) >= 11 is 0. The third kappa shape index (κ3) is 3.56. The van der Waals surface area contributed by atoms with Crippen LogP contribution in [0.2, 0.25) is 0 Å². The molecular formula is C13H10N4O. The molecular weight excluding hydrogens is 228 g/mol. The first-order valence-corrected chi connectivity index (χ1v) is 5.07. The van der Waals surface area contributed by atoms with Crippen LogP contribution >= 0.6 is 0 Å². The summed E-state index contributed by atoms with van der Waals surface area (Å²) in [7, 11) is 0. The Morgan fingerprint density at radius 1 is 1.28 bits per heavy atom. The Balaban J connectivity index is 2.71. The van der Waals surface area contributed by atoms with E-state index in [1.165, 1.54) is 4.90 Å². The highest BCUT2D eigenvalue weighted by Gasteiger charge is 2.11. The zero-order valence-corrected chi connectivity index (χ0v) is 9.55. The van der Waals surface area contributed by atoms with E-state index in [0.717, 1.165) is 0 Å². The Labute approximate surface area is 105 Å². The topological polar surface area (TPSA) is 79.9 Å². The van der Waals surface area contributed by atoms with Crippen molar-refractivity contribution in [2.24, 2.45) is 0 Å². The fourth-order valence-electron chi connectivity index (χ4n) is 1.23. The van der Waals surface area contributed by atoms with Gasteiger partial charge >= 0.3 is 6.03 Å². The standard InChI is InChI=1S/C13H10N4O/c1-2-8-17(9-7-14)13(18)16-12-5-3-11(10-15)4-6-12/h1,3-6H,8-9H2,(H,16,18). The van der Waals surface area contributed by atoms with Gasteiger partial charge in [0.15, 0.2) is 0 Å². The van der Waals surface area contributed by atoms with Crippen LogP contribution in [0.5, 0.6) is 0 Å². The van der Waals surface area contributed by atoms with E-state index in [0.29, 0.717) is 11.3 Å². The Morgan fingerprint density at radius 3 is 2.44 bits per heavy atom. The maximum atomic E-state index is 11.8. The van der Waals surface area contributed by atoms with Gasteiger partial charge in [0.05, 0.1) is 24.2 Å². The van der Waals surface area contributed by atoms with Crippen molar-refractivity contribution in [2.45, 2.75) is 0 Å². The number of rotatable bonds is 3. The van der Waals surface area contributed by atoms with E-state index >= 15 is 0 Å². The molecule has 0 aromatic heterocycles. The van der Waals surface area contributed by atoms with Crippen LogP contribution in [0.25, 0.3) is 0 Å². The maximum Gasteiger partial charge on any atom is 0.323 e. The molecule has 0 atom stereocenters. The van der Waals surface area contributed by atoms with E-state index < -0.39 is 6.03 Å². The molecule has 0 heterocycles. The molecule has 88 valence electrons. The first-order valence-electron chi connectivity index (χ1n) is 5.07. The number of carbonyl (C=O) groups is 1. The van der Waals surface area contributed by atoms with Gasteiger partial charge in [-0.3, -0.25) is 0 Å². The zero-order valence-electron chi connectivity index (χ0n) is 9.55. The molecule has 0 spiro atoms. The summed E-state index contributed by atoms with van der Waals surface area (Å²) in [6.45, 7) is -0.0119. The smallest absolute Gasteiger partial charge is 0.308 e. The average molecular weight is 238 g/mol. The highest BCUT2D eigenvalue weighted by Crippen LogP contribution is 2.09. The van der Waals surface area contributed by atoms with Crippen LogP contribution < -0.4 is 5.32 Å². The summed E-state index contributed by atoms with van der Waals surface area (Å²) in [5.41, 5.74) is 1.05. The van der Waals surface area contributed by atoms with Gasteiger partial charge in [0.25, 0.3) is 0 Å². The zero-order chi connectivity index (χ0) is 13.4. The normalized spacial score (nSPS) is 8.50. The van der Waals surface area contributed by atoms with E-state index in [9.17, 15) is 4.79 Å². The van der Waals surface area contributed by atoms with Gasteiger partial charge in [0, 0.05) is 5.69 Å². The minimum atomic E-state index is -0.445. The van der Waals surface area contributed by atoms with Gasteiger partial charge in [0.1, 0.15) is 6.54 Å². The number of benzene rings is 1. The van der Waals surface area contributed by atoms with Crippen molar-refractivity contribution in [3.63, 3.8) is 0 Å². The molecule has 1 aromatic rings. The van der Waals surface area contributed by atoms with Gasteiger partial charge in [-0.05, 0) is 24.3 Å². The number of terminal acetylenes is 1. The van der Waals surface area contributed by atoms with E-state index in [4.69, 9.17) is 16.9 Å². The predicted molar refractivity (Wildman–Crippen MR) is 66.2 cm³/mol. The molecule has 0 aliphatic rings. The molecule has 0 saturated carbocycles. The number of anilines is 1. The summed E-state index contributed by atoms with van der Waals surface area (Å²) in [6.07, 6.45) is 5.11. The van der Waals surface area contributed by atoms with Crippen LogP contribution in [-0.4, -0.2) is 24.0 Å². The number of nitrogens with one attached hydrogen (secondary N) is 1. The van der Waals surface area contributed by atoms with Crippen LogP contribution in [0.1, 0.15) is 5.56 Å². The fourth-order valence-corrected chi connectivity index (χ4v) is 1.23. The van der Waals surface area contributed by atoms with Crippen LogP contribution in [0.15, 0.2) is 24.3 Å². The lowest BCUT2D eigenvalue weighted by Crippen LogP contribution is -2.35. The van der Waals surface area contributed by atoms with Crippen molar-refractivity contribution in [2.75, 3.05) is 18.4 Å². The second kappa shape index (κ2) is 6.58. The molecule has 5 nitrogen and oxygen atoms in total. The third-order valence-electron chi connectivity index (χ3n) is 2.10. The highest BCUT2D eigenvalue weighted by molar-refractivity contribution is 5.89. The number of hydrogen-bond acceptors (Lipinski definition) is 3. The number of carbonyl (C=O) groups excluding carboxylic acids is 1. The third-order valence-corrected chi connectivity index (χ3v) is 2.10. The lowest BCUT2D eigenvalue weighted by Gasteiger charge is -2.17. The van der Waals surface area contributed by atoms with Crippen molar-refractivity contribution in [1.82, 2.24) is 4.90 Å². The Kier molecular flexibility index (Phi) is 4.79. The molecule has 0 bridgehead atoms. The van der Waals surface area contributed by atoms with Crippen LogP contribution in [0.3, 0.4) is 0 Å². The van der Waals surface area contributed by atoms with Crippen molar-refractivity contribution < 1.29 is 4.79 Å². The molecule has 2 amide bonds. The number of urea groups is 1. The molecule has 0 aliphatic heterocycles. The molecule has 1 N–H and O–H groups in total. The molecule has 0 radical (unpaired) electrons. The molecule has 1 rings (SSSR count). The first-order chi connectivity index (χ1) is 8.71. The van der Waals surface area contributed by atoms with Gasteiger partial charge in [-0.25, -0.2) is 4.79 Å². The van der Waals surface area contributed by atoms with E-state index in [1.807, 2.05) is 12.1 Å². The first kappa shape index (κ1) is 13.1. The quantitative estimate of drug-likeness (QED) is 0.640. The minimum absolute atomic E-state index is 0.0652. The molecule has 0 fully saturated rings. The monoisotopic (exact) mass is 238 g/mol. The van der Waals surface area contributed by atoms with Gasteiger partial charge in [0.2, 0.25) is 0 Å². The van der Waals surface area contributed by atoms with E-state index in [2.05, 4.69) is 11.2 Å². The molecule has 1 aromatic carbocycles. The summed E-state index contributed by atoms with van der Waals surface area (Å²) < 4.78 is 0. The van der Waals surface area contributed by atoms with Crippen LogP contribution in [-0.2, 0) is 0 Å². The van der Waals surface area contributed by atoms with E-state index in [1.54, 1.807) is 24.3 Å². The maximum absolute atomic E-state index is 11.8. The molecule has 0 saturated heterocycles. The van der Waals surface area contributed by atoms with E-state index in [-0.39, 0.29) is 13.1 Å². The van der Waals surface area contributed by atoms with Gasteiger partial charge in [-0.15, -0.1) is 6.42 Å². The Hall–Kier alpha value is -2.97. The number of nitriles is 2. The number of amides is 2. The highest BCUT2D eigenvalue weighted by atomic mass is 16.2. The predicted octanol–water partition coefficient (Wildman–Crippen LogP) is 1.55. The lowest BCUT2D eigenvalue weighted by atomic mass is 10.2. The Morgan fingerprint density at radius 2 is 1.94 bits per heavy atom. The summed E-state index contributed by atoms with van der Waals surface area (Å²) in [5, 5.41) is 19.8. The minimum Gasteiger partial charge on any atom is -0.308 e. The molecule has 0 unspecified atom stereocenters. The second-order valence-electron chi connectivity index (χ2n) is 3.34. The van der Waals surface area contributed by atoms with Crippen molar-refractivity contribution in [1.29, 1.82) is 10.5 Å². The number of nitrogens with zero attached hydrogens (tertiary/aromatic N) is 3. The van der Waals surface area contributed by atoms with Crippen LogP contribution in [0, 0.1) is 35.0 Å². The van der Waals surface area contributed by atoms with Gasteiger partial charge in [-0.1, -0.05) is 5.92 Å². The summed E-state index contributed by atoms with van der Waals surface area (Å²) in [5.74, 6) is 2.31. The average Bonchev–Trinajstić information content (AvgIpc) is 2.39. The SMILES string of the molecule is C#CCN(CC#N)C(=O)Nc1ccc(C#N)cc1. The van der Waals surface area contributed by atoms with Crippen molar-refractivity contribution >= 4 is 11.7 Å². The molecule has 0 aliphatic carbocycles. The van der Waals surface area contributed by atoms with Gasteiger partial charge < -0.3 is 10.2 Å². The lowest BCUT2D eigenvalue weighted by molar-refractivity contribution is 0.223. The number of hydrogen-bond donors (Lipinski definition) is 1. The fraction of sp³-hybridized carbons (Fsp3) is 0.154. The largest absolute Gasteiger partial charge is 0.323 e. The van der Waals surface area contributed by atoms with Crippen molar-refractivity contribution in [3.05, 3.63) is 29.8 Å². The Bertz CT molecular complexity index is 526. The van der Waals surface area contributed by atoms with Crippen LogP contribution in [0.4, 0.5) is 10.5 Å². The molecule has 5 heteroatoms. The second-order valence-corrected chi connectivity index (χ2v) is 3.34.